The zero-order valence-electron chi connectivity index (χ0n) is 14.3. The van der Waals surface area contributed by atoms with Crippen molar-refractivity contribution in [2.75, 3.05) is 11.9 Å². The second kappa shape index (κ2) is 6.11. The molecule has 3 rings (SSSR count). The lowest BCUT2D eigenvalue weighted by Crippen LogP contribution is -2.45. The quantitative estimate of drug-likeness (QED) is 0.919. The van der Waals surface area contributed by atoms with Crippen LogP contribution >= 0.6 is 0 Å². The van der Waals surface area contributed by atoms with E-state index in [2.05, 4.69) is 37.4 Å². The molecule has 0 saturated heterocycles. The van der Waals surface area contributed by atoms with Crippen LogP contribution in [0.25, 0.3) is 0 Å². The molecule has 124 valence electrons. The molecule has 0 aromatic heterocycles. The number of carbonyl (C=O) groups excluding carboxylic acids is 2. The lowest BCUT2D eigenvalue weighted by molar-refractivity contribution is -0.114. The first-order valence-corrected chi connectivity index (χ1v) is 8.12. The van der Waals surface area contributed by atoms with Gasteiger partial charge in [0.1, 0.15) is 0 Å². The molecule has 2 amide bonds. The van der Waals surface area contributed by atoms with Gasteiger partial charge >= 0.3 is 0 Å². The maximum atomic E-state index is 12.9. The number of benzene rings is 2. The van der Waals surface area contributed by atoms with Crippen LogP contribution < -0.4 is 5.32 Å². The zero-order chi connectivity index (χ0) is 17.3. The van der Waals surface area contributed by atoms with E-state index in [9.17, 15) is 9.59 Å². The minimum Gasteiger partial charge on any atom is -0.333 e. The normalized spacial score (nSPS) is 15.5. The Balaban J connectivity index is 1.82. The van der Waals surface area contributed by atoms with Gasteiger partial charge in [0.2, 0.25) is 5.91 Å². The van der Waals surface area contributed by atoms with Crippen LogP contribution in [0.4, 0.5) is 5.69 Å². The summed E-state index contributed by atoms with van der Waals surface area (Å²) >= 11 is 0. The third-order valence-electron chi connectivity index (χ3n) is 4.43. The molecular formula is C20H22N2O2. The average molecular weight is 322 g/mol. The smallest absolute Gasteiger partial charge is 0.254 e. The van der Waals surface area contributed by atoms with Crippen molar-refractivity contribution >= 4 is 17.5 Å². The first-order chi connectivity index (χ1) is 11.4. The SMILES string of the molecule is CC(=O)Nc1ccc(C(=O)N2Cc3ccccc3C(C)(C)C2)cc1. The fourth-order valence-electron chi connectivity index (χ4n) is 3.37. The lowest BCUT2D eigenvalue weighted by Gasteiger charge is -2.40. The third kappa shape index (κ3) is 3.18. The Morgan fingerprint density at radius 1 is 1.04 bits per heavy atom. The maximum absolute atomic E-state index is 12.9. The van der Waals surface area contributed by atoms with Crippen LogP contribution in [0.3, 0.4) is 0 Å². The van der Waals surface area contributed by atoms with E-state index < -0.39 is 0 Å². The average Bonchev–Trinajstić information content (AvgIpc) is 2.54. The van der Waals surface area contributed by atoms with Gasteiger partial charge in [-0.05, 0) is 35.4 Å². The van der Waals surface area contributed by atoms with Crippen LogP contribution in [0.15, 0.2) is 48.5 Å². The van der Waals surface area contributed by atoms with Crippen LogP contribution in [0.5, 0.6) is 0 Å². The summed E-state index contributed by atoms with van der Waals surface area (Å²) in [7, 11) is 0. The number of hydrogen-bond acceptors (Lipinski definition) is 2. The monoisotopic (exact) mass is 322 g/mol. The molecule has 0 radical (unpaired) electrons. The summed E-state index contributed by atoms with van der Waals surface area (Å²) in [6, 6.07) is 15.4. The summed E-state index contributed by atoms with van der Waals surface area (Å²) in [5, 5.41) is 2.71. The summed E-state index contributed by atoms with van der Waals surface area (Å²) in [6.07, 6.45) is 0. The van der Waals surface area contributed by atoms with E-state index in [0.29, 0.717) is 24.3 Å². The molecule has 0 fully saturated rings. The van der Waals surface area contributed by atoms with E-state index in [1.807, 2.05) is 11.0 Å². The van der Waals surface area contributed by atoms with E-state index in [0.717, 1.165) is 0 Å². The highest BCUT2D eigenvalue weighted by molar-refractivity contribution is 5.95. The largest absolute Gasteiger partial charge is 0.333 e. The van der Waals surface area contributed by atoms with Gasteiger partial charge in [-0.25, -0.2) is 0 Å². The number of anilines is 1. The Morgan fingerprint density at radius 3 is 2.38 bits per heavy atom. The van der Waals surface area contributed by atoms with Gasteiger partial charge in [-0.3, -0.25) is 9.59 Å². The van der Waals surface area contributed by atoms with E-state index in [4.69, 9.17) is 0 Å². The topological polar surface area (TPSA) is 49.4 Å². The Morgan fingerprint density at radius 2 is 1.71 bits per heavy atom. The van der Waals surface area contributed by atoms with Crippen molar-refractivity contribution in [2.45, 2.75) is 32.7 Å². The predicted octanol–water partition coefficient (Wildman–Crippen LogP) is 3.58. The van der Waals surface area contributed by atoms with Crippen LogP contribution in [-0.4, -0.2) is 23.3 Å². The first-order valence-electron chi connectivity index (χ1n) is 8.12. The molecule has 1 N–H and O–H groups in total. The maximum Gasteiger partial charge on any atom is 0.254 e. The fraction of sp³-hybridized carbons (Fsp3) is 0.300. The van der Waals surface area contributed by atoms with E-state index in [1.165, 1.54) is 18.1 Å². The van der Waals surface area contributed by atoms with Crippen molar-refractivity contribution in [3.05, 3.63) is 65.2 Å². The van der Waals surface area contributed by atoms with Crippen molar-refractivity contribution in [2.24, 2.45) is 0 Å². The second-order valence-electron chi connectivity index (χ2n) is 6.96. The van der Waals surface area contributed by atoms with Crippen molar-refractivity contribution in [1.82, 2.24) is 4.90 Å². The van der Waals surface area contributed by atoms with Crippen LogP contribution in [0.2, 0.25) is 0 Å². The number of nitrogens with one attached hydrogen (secondary N) is 1. The molecule has 4 nitrogen and oxygen atoms in total. The van der Waals surface area contributed by atoms with Gasteiger partial charge in [0.15, 0.2) is 0 Å². The molecule has 1 aliphatic heterocycles. The van der Waals surface area contributed by atoms with Crippen LogP contribution in [-0.2, 0) is 16.8 Å². The Bertz CT molecular complexity index is 778. The van der Waals surface area contributed by atoms with Gasteiger partial charge in [-0.15, -0.1) is 0 Å². The summed E-state index contributed by atoms with van der Waals surface area (Å²) in [5.74, 6) is -0.101. The molecule has 1 heterocycles. The molecule has 0 bridgehead atoms. The minimum absolute atomic E-state index is 0.0203. The molecule has 24 heavy (non-hydrogen) atoms. The minimum atomic E-state index is -0.122. The van der Waals surface area contributed by atoms with Gasteiger partial charge in [-0.1, -0.05) is 38.1 Å². The predicted molar refractivity (Wildman–Crippen MR) is 95.0 cm³/mol. The van der Waals surface area contributed by atoms with Gasteiger partial charge in [0.25, 0.3) is 5.91 Å². The highest BCUT2D eigenvalue weighted by Gasteiger charge is 2.33. The van der Waals surface area contributed by atoms with Gasteiger partial charge in [-0.2, -0.15) is 0 Å². The lowest BCUT2D eigenvalue weighted by atomic mass is 9.78. The Kier molecular flexibility index (Phi) is 4.14. The fourth-order valence-corrected chi connectivity index (χ4v) is 3.37. The van der Waals surface area contributed by atoms with E-state index in [1.54, 1.807) is 24.3 Å². The zero-order valence-corrected chi connectivity index (χ0v) is 14.3. The summed E-state index contributed by atoms with van der Waals surface area (Å²) in [6.45, 7) is 7.13. The Labute approximate surface area is 142 Å². The van der Waals surface area contributed by atoms with Crippen LogP contribution in [0.1, 0.15) is 42.3 Å². The van der Waals surface area contributed by atoms with Gasteiger partial charge in [0, 0.05) is 36.7 Å². The summed E-state index contributed by atoms with van der Waals surface area (Å²) in [4.78, 5) is 25.8. The first kappa shape index (κ1) is 16.2. The van der Waals surface area contributed by atoms with E-state index in [-0.39, 0.29) is 17.2 Å². The number of hydrogen-bond donors (Lipinski definition) is 1. The van der Waals surface area contributed by atoms with Crippen LogP contribution in [0, 0.1) is 0 Å². The highest BCUT2D eigenvalue weighted by atomic mass is 16.2. The number of rotatable bonds is 2. The van der Waals surface area contributed by atoms with Crippen molar-refractivity contribution < 1.29 is 9.59 Å². The van der Waals surface area contributed by atoms with Gasteiger partial charge in [0.05, 0.1) is 0 Å². The molecule has 1 aliphatic rings. The molecule has 0 saturated carbocycles. The summed E-state index contributed by atoms with van der Waals surface area (Å²) < 4.78 is 0. The second-order valence-corrected chi connectivity index (χ2v) is 6.96. The molecule has 2 aromatic rings. The molecule has 0 unspecified atom stereocenters. The van der Waals surface area contributed by atoms with Crippen molar-refractivity contribution in [3.8, 4) is 0 Å². The number of carbonyl (C=O) groups is 2. The molecule has 2 aromatic carbocycles. The molecule has 4 heteroatoms. The number of amides is 2. The molecule has 0 atom stereocenters. The molecule has 0 aliphatic carbocycles. The standard InChI is InChI=1S/C20H22N2O2/c1-14(23)21-17-10-8-15(9-11-17)19(24)22-12-16-6-4-5-7-18(16)20(2,3)13-22/h4-11H,12-13H2,1-3H3,(H,21,23). The molecular weight excluding hydrogens is 300 g/mol. The Hall–Kier alpha value is -2.62. The summed E-state index contributed by atoms with van der Waals surface area (Å²) in [5.41, 5.74) is 3.79. The molecule has 0 spiro atoms. The van der Waals surface area contributed by atoms with Gasteiger partial charge < -0.3 is 10.2 Å². The van der Waals surface area contributed by atoms with Crippen molar-refractivity contribution in [3.63, 3.8) is 0 Å². The highest BCUT2D eigenvalue weighted by Crippen LogP contribution is 2.33. The number of nitrogens with zero attached hydrogens (tertiary/aromatic N) is 1. The van der Waals surface area contributed by atoms with E-state index >= 15 is 0 Å². The van der Waals surface area contributed by atoms with Crippen molar-refractivity contribution in [1.29, 1.82) is 0 Å². The third-order valence-corrected chi connectivity index (χ3v) is 4.43. The number of fused-ring (bicyclic) bond motifs is 1.